The Kier molecular flexibility index (Phi) is 7.18. The van der Waals surface area contributed by atoms with Crippen molar-refractivity contribution in [1.29, 1.82) is 0 Å². The third-order valence-corrected chi connectivity index (χ3v) is 0.708. The molecule has 0 aromatic carbocycles. The van der Waals surface area contributed by atoms with Crippen molar-refractivity contribution in [1.82, 2.24) is 0 Å². The van der Waals surface area contributed by atoms with Crippen LogP contribution in [0.4, 0.5) is 0 Å². The maximum absolute atomic E-state index is 10.3. The summed E-state index contributed by atoms with van der Waals surface area (Å²) in [4.78, 5) is 19.3. The summed E-state index contributed by atoms with van der Waals surface area (Å²) in [6.45, 7) is 9.08. The zero-order valence-electron chi connectivity index (χ0n) is 8.88. The van der Waals surface area contributed by atoms with E-state index >= 15 is 0 Å². The molecule has 4 nitrogen and oxygen atoms in total. The molecule has 0 radical (unpaired) electrons. The molecule has 0 atom stereocenters. The minimum absolute atomic E-state index is 0.0890. The van der Waals surface area contributed by atoms with Crippen molar-refractivity contribution >= 4 is 11.9 Å². The molecule has 0 aromatic rings. The zero-order chi connectivity index (χ0) is 11.1. The molecule has 0 aliphatic carbocycles. The first-order chi connectivity index (χ1) is 5.65. The van der Waals surface area contributed by atoms with Gasteiger partial charge in [0, 0.05) is 13.8 Å². The molecule has 0 saturated carbocycles. The highest BCUT2D eigenvalue weighted by atomic mass is 16.5. The van der Waals surface area contributed by atoms with Gasteiger partial charge in [-0.1, -0.05) is 20.8 Å². The van der Waals surface area contributed by atoms with Gasteiger partial charge in [0.15, 0.2) is 0 Å². The Balaban J connectivity index is 0. The smallest absolute Gasteiger partial charge is 0.302 e. The predicted molar refractivity (Wildman–Crippen MR) is 49.4 cm³/mol. The number of carbonyl (C=O) groups excluding carboxylic acids is 1. The first-order valence-corrected chi connectivity index (χ1v) is 3.98. The van der Waals surface area contributed by atoms with Crippen molar-refractivity contribution in [2.24, 2.45) is 5.41 Å². The van der Waals surface area contributed by atoms with E-state index in [1.54, 1.807) is 0 Å². The molecule has 0 rings (SSSR count). The SMILES string of the molecule is CC(=O)O.CC(=O)OCC(C)(C)C. The van der Waals surface area contributed by atoms with Crippen LogP contribution in [-0.2, 0) is 14.3 Å². The fourth-order valence-electron chi connectivity index (χ4n) is 0.318. The van der Waals surface area contributed by atoms with Crippen LogP contribution in [0, 0.1) is 5.41 Å². The van der Waals surface area contributed by atoms with E-state index in [0.717, 1.165) is 6.92 Å². The highest BCUT2D eigenvalue weighted by Crippen LogP contribution is 2.12. The minimum Gasteiger partial charge on any atom is -0.481 e. The van der Waals surface area contributed by atoms with E-state index in [4.69, 9.17) is 14.6 Å². The molecule has 0 spiro atoms. The van der Waals surface area contributed by atoms with E-state index in [0.29, 0.717) is 6.61 Å². The molecule has 13 heavy (non-hydrogen) atoms. The third kappa shape index (κ3) is 35.8. The summed E-state index contributed by atoms with van der Waals surface area (Å²) in [6.07, 6.45) is 0. The Bertz CT molecular complexity index is 163. The predicted octanol–water partition coefficient (Wildman–Crippen LogP) is 1.69. The van der Waals surface area contributed by atoms with Gasteiger partial charge in [-0.15, -0.1) is 0 Å². The summed E-state index contributed by atoms with van der Waals surface area (Å²) < 4.78 is 4.77. The monoisotopic (exact) mass is 190 g/mol. The highest BCUT2D eigenvalue weighted by Gasteiger charge is 2.10. The number of carboxylic acid groups (broad SMARTS) is 1. The van der Waals surface area contributed by atoms with Crippen LogP contribution < -0.4 is 0 Å². The first kappa shape index (κ1) is 14.5. The van der Waals surface area contributed by atoms with Crippen molar-refractivity contribution in [2.45, 2.75) is 34.6 Å². The zero-order valence-corrected chi connectivity index (χ0v) is 8.88. The second-order valence-corrected chi connectivity index (χ2v) is 3.86. The average Bonchev–Trinajstić information content (AvgIpc) is 1.80. The number of ether oxygens (including phenoxy) is 1. The number of carbonyl (C=O) groups is 2. The van der Waals surface area contributed by atoms with E-state index in [1.807, 2.05) is 20.8 Å². The molecule has 0 aliphatic rings. The van der Waals surface area contributed by atoms with Gasteiger partial charge in [-0.2, -0.15) is 0 Å². The number of esters is 1. The van der Waals surface area contributed by atoms with Crippen LogP contribution in [0.5, 0.6) is 0 Å². The summed E-state index contributed by atoms with van der Waals surface area (Å²) in [7, 11) is 0. The number of rotatable bonds is 1. The lowest BCUT2D eigenvalue weighted by Gasteiger charge is -2.16. The molecule has 0 amide bonds. The molecule has 0 fully saturated rings. The van der Waals surface area contributed by atoms with Crippen LogP contribution >= 0.6 is 0 Å². The topological polar surface area (TPSA) is 63.6 Å². The Morgan fingerprint density at radius 2 is 1.54 bits per heavy atom. The maximum atomic E-state index is 10.3. The van der Waals surface area contributed by atoms with E-state index in [1.165, 1.54) is 6.92 Å². The summed E-state index contributed by atoms with van der Waals surface area (Å²) >= 11 is 0. The van der Waals surface area contributed by atoms with E-state index in [9.17, 15) is 4.79 Å². The quantitative estimate of drug-likeness (QED) is 0.639. The number of hydrogen-bond acceptors (Lipinski definition) is 3. The Hall–Kier alpha value is -1.06. The van der Waals surface area contributed by atoms with Crippen molar-refractivity contribution < 1.29 is 19.4 Å². The molecule has 0 aromatic heterocycles. The van der Waals surface area contributed by atoms with E-state index in [-0.39, 0.29) is 11.4 Å². The number of carboxylic acids is 1. The lowest BCUT2D eigenvalue weighted by Crippen LogP contribution is -2.16. The van der Waals surface area contributed by atoms with Crippen LogP contribution in [0.1, 0.15) is 34.6 Å². The standard InChI is InChI=1S/C7H14O2.C2H4O2/c1-6(8)9-5-7(2,3)4;1-2(3)4/h5H2,1-4H3;1H3,(H,3,4). The maximum Gasteiger partial charge on any atom is 0.302 e. The van der Waals surface area contributed by atoms with Crippen LogP contribution in [0.25, 0.3) is 0 Å². The van der Waals surface area contributed by atoms with Crippen molar-refractivity contribution in [3.63, 3.8) is 0 Å². The van der Waals surface area contributed by atoms with E-state index < -0.39 is 5.97 Å². The molecule has 0 aliphatic heterocycles. The Morgan fingerprint density at radius 3 is 1.62 bits per heavy atom. The van der Waals surface area contributed by atoms with Crippen molar-refractivity contribution in [3.05, 3.63) is 0 Å². The van der Waals surface area contributed by atoms with Gasteiger partial charge >= 0.3 is 5.97 Å². The molecule has 0 unspecified atom stereocenters. The number of hydrogen-bond donors (Lipinski definition) is 1. The second-order valence-electron chi connectivity index (χ2n) is 3.86. The minimum atomic E-state index is -0.833. The number of aliphatic carboxylic acids is 1. The van der Waals surface area contributed by atoms with Gasteiger partial charge in [-0.3, -0.25) is 9.59 Å². The molecule has 78 valence electrons. The normalized spacial score (nSPS) is 9.62. The molecule has 0 heterocycles. The molecular weight excluding hydrogens is 172 g/mol. The molecule has 1 N–H and O–H groups in total. The summed E-state index contributed by atoms with van der Waals surface area (Å²) in [5.41, 5.74) is 0.0890. The Labute approximate surface area is 78.9 Å². The second kappa shape index (κ2) is 6.46. The van der Waals surface area contributed by atoms with Crippen LogP contribution in [0.15, 0.2) is 0 Å². The van der Waals surface area contributed by atoms with Gasteiger partial charge in [0.05, 0.1) is 6.61 Å². The summed E-state index contributed by atoms with van der Waals surface area (Å²) in [5, 5.41) is 7.42. The van der Waals surface area contributed by atoms with Crippen molar-refractivity contribution in [3.8, 4) is 0 Å². The third-order valence-electron chi connectivity index (χ3n) is 0.708. The van der Waals surface area contributed by atoms with Crippen LogP contribution in [0.2, 0.25) is 0 Å². The highest BCUT2D eigenvalue weighted by molar-refractivity contribution is 5.65. The van der Waals surface area contributed by atoms with Crippen LogP contribution in [-0.4, -0.2) is 23.7 Å². The largest absolute Gasteiger partial charge is 0.481 e. The van der Waals surface area contributed by atoms with Gasteiger partial charge in [0.1, 0.15) is 0 Å². The molecule has 0 saturated heterocycles. The lowest BCUT2D eigenvalue weighted by atomic mass is 9.99. The fourth-order valence-corrected chi connectivity index (χ4v) is 0.318. The van der Waals surface area contributed by atoms with E-state index in [2.05, 4.69) is 0 Å². The fraction of sp³-hybridized carbons (Fsp3) is 0.778. The average molecular weight is 190 g/mol. The van der Waals surface area contributed by atoms with Gasteiger partial charge in [-0.05, 0) is 5.41 Å². The van der Waals surface area contributed by atoms with Crippen LogP contribution in [0.3, 0.4) is 0 Å². The molecular formula is C9H18O4. The van der Waals surface area contributed by atoms with Gasteiger partial charge in [0.2, 0.25) is 0 Å². The first-order valence-electron chi connectivity index (χ1n) is 3.98. The van der Waals surface area contributed by atoms with Gasteiger partial charge in [0.25, 0.3) is 5.97 Å². The summed E-state index contributed by atoms with van der Waals surface area (Å²) in [5.74, 6) is -1.04. The van der Waals surface area contributed by atoms with Gasteiger partial charge < -0.3 is 9.84 Å². The summed E-state index contributed by atoms with van der Waals surface area (Å²) in [6, 6.07) is 0. The Morgan fingerprint density at radius 1 is 1.23 bits per heavy atom. The lowest BCUT2D eigenvalue weighted by molar-refractivity contribution is -0.143. The van der Waals surface area contributed by atoms with Crippen molar-refractivity contribution in [2.75, 3.05) is 6.61 Å². The molecule has 4 heteroatoms. The van der Waals surface area contributed by atoms with Gasteiger partial charge in [-0.25, -0.2) is 0 Å². The molecule has 0 bridgehead atoms.